The van der Waals surface area contributed by atoms with E-state index in [9.17, 15) is 4.79 Å². The highest BCUT2D eigenvalue weighted by molar-refractivity contribution is 5.85. The van der Waals surface area contributed by atoms with Crippen LogP contribution in [-0.2, 0) is 4.79 Å². The minimum absolute atomic E-state index is 0.102. The fourth-order valence-electron chi connectivity index (χ4n) is 3.18. The number of piperazine rings is 1. The molecule has 2 aliphatic heterocycles. The second-order valence-corrected chi connectivity index (χ2v) is 5.86. The molecule has 0 aromatic heterocycles. The topological polar surface area (TPSA) is 70.8 Å². The summed E-state index contributed by atoms with van der Waals surface area (Å²) in [5.41, 5.74) is 7.59. The molecule has 1 aromatic rings. The molecule has 0 radical (unpaired) electrons. The fourth-order valence-corrected chi connectivity index (χ4v) is 3.18. The Kier molecular flexibility index (Phi) is 4.38. The highest BCUT2D eigenvalue weighted by Crippen LogP contribution is 2.41. The molecule has 2 aliphatic rings. The standard InChI is InChI=1S/C16H24N4O2/c1-2-12-10-20(11-15(17)21)16-13(4-3-5-14(16)22-12)19-8-6-18-7-9-19/h3-5,12,18H,2,6-11H2,1H3,(H2,17,21). The van der Waals surface area contributed by atoms with Gasteiger partial charge in [-0.15, -0.1) is 0 Å². The summed E-state index contributed by atoms with van der Waals surface area (Å²) in [6.07, 6.45) is 1.01. The van der Waals surface area contributed by atoms with E-state index in [0.29, 0.717) is 6.54 Å². The number of nitrogens with zero attached hydrogens (tertiary/aromatic N) is 2. The van der Waals surface area contributed by atoms with Gasteiger partial charge in [-0.2, -0.15) is 0 Å². The van der Waals surface area contributed by atoms with E-state index in [2.05, 4.69) is 28.1 Å². The predicted molar refractivity (Wildman–Crippen MR) is 87.6 cm³/mol. The third-order valence-corrected chi connectivity index (χ3v) is 4.27. The number of carbonyl (C=O) groups is 1. The number of fused-ring (bicyclic) bond motifs is 1. The lowest BCUT2D eigenvalue weighted by molar-refractivity contribution is -0.116. The maximum absolute atomic E-state index is 11.5. The number of nitrogens with one attached hydrogen (secondary N) is 1. The number of hydrogen-bond acceptors (Lipinski definition) is 5. The van der Waals surface area contributed by atoms with Crippen LogP contribution in [0.1, 0.15) is 13.3 Å². The van der Waals surface area contributed by atoms with Crippen molar-refractivity contribution >= 4 is 17.3 Å². The summed E-state index contributed by atoms with van der Waals surface area (Å²) in [6.45, 7) is 6.88. The predicted octanol–water partition coefficient (Wildman–Crippen LogP) is 0.559. The Labute approximate surface area is 131 Å². The minimum Gasteiger partial charge on any atom is -0.486 e. The third-order valence-electron chi connectivity index (χ3n) is 4.27. The number of ether oxygens (including phenoxy) is 1. The van der Waals surface area contributed by atoms with Gasteiger partial charge in [-0.05, 0) is 18.6 Å². The molecule has 0 saturated carbocycles. The van der Waals surface area contributed by atoms with Gasteiger partial charge in [0.05, 0.1) is 18.8 Å². The zero-order valence-electron chi connectivity index (χ0n) is 13.0. The first-order valence-corrected chi connectivity index (χ1v) is 7.97. The van der Waals surface area contributed by atoms with Crippen molar-refractivity contribution in [2.24, 2.45) is 5.73 Å². The molecule has 22 heavy (non-hydrogen) atoms. The average Bonchev–Trinajstić information content (AvgIpc) is 2.54. The number of amides is 1. The van der Waals surface area contributed by atoms with Gasteiger partial charge in [-0.1, -0.05) is 13.0 Å². The van der Waals surface area contributed by atoms with Crippen molar-refractivity contribution < 1.29 is 9.53 Å². The van der Waals surface area contributed by atoms with Crippen LogP contribution in [0.15, 0.2) is 18.2 Å². The highest BCUT2D eigenvalue weighted by Gasteiger charge is 2.29. The van der Waals surface area contributed by atoms with Crippen molar-refractivity contribution in [2.75, 3.05) is 49.1 Å². The molecular formula is C16H24N4O2. The first-order chi connectivity index (χ1) is 10.7. The molecular weight excluding hydrogens is 280 g/mol. The van der Waals surface area contributed by atoms with E-state index < -0.39 is 0 Å². The fraction of sp³-hybridized carbons (Fsp3) is 0.562. The first-order valence-electron chi connectivity index (χ1n) is 7.97. The highest BCUT2D eigenvalue weighted by atomic mass is 16.5. The van der Waals surface area contributed by atoms with Gasteiger partial charge < -0.3 is 25.6 Å². The van der Waals surface area contributed by atoms with E-state index in [4.69, 9.17) is 10.5 Å². The number of carbonyl (C=O) groups excluding carboxylic acids is 1. The first kappa shape index (κ1) is 15.0. The van der Waals surface area contributed by atoms with Gasteiger partial charge in [-0.25, -0.2) is 0 Å². The van der Waals surface area contributed by atoms with Crippen molar-refractivity contribution in [1.29, 1.82) is 0 Å². The summed E-state index contributed by atoms with van der Waals surface area (Å²) >= 11 is 0. The average molecular weight is 304 g/mol. The summed E-state index contributed by atoms with van der Waals surface area (Å²) in [6, 6.07) is 6.11. The molecule has 2 heterocycles. The molecule has 0 bridgehead atoms. The summed E-state index contributed by atoms with van der Waals surface area (Å²) in [5.74, 6) is 0.549. The number of nitrogens with two attached hydrogens (primary N) is 1. The van der Waals surface area contributed by atoms with Gasteiger partial charge in [0.1, 0.15) is 17.5 Å². The van der Waals surface area contributed by atoms with Crippen LogP contribution in [0.3, 0.4) is 0 Å². The van der Waals surface area contributed by atoms with Gasteiger partial charge >= 0.3 is 0 Å². The lowest BCUT2D eigenvalue weighted by Gasteiger charge is -2.40. The van der Waals surface area contributed by atoms with Crippen molar-refractivity contribution in [1.82, 2.24) is 5.32 Å². The zero-order valence-corrected chi connectivity index (χ0v) is 13.0. The second kappa shape index (κ2) is 6.44. The molecule has 1 atom stereocenters. The minimum atomic E-state index is -0.308. The van der Waals surface area contributed by atoms with Crippen LogP contribution in [0.5, 0.6) is 5.75 Å². The molecule has 1 saturated heterocycles. The maximum atomic E-state index is 11.5. The van der Waals surface area contributed by atoms with Crippen LogP contribution in [0, 0.1) is 0 Å². The maximum Gasteiger partial charge on any atom is 0.236 e. The molecule has 6 nitrogen and oxygen atoms in total. The van der Waals surface area contributed by atoms with Gasteiger partial charge in [0, 0.05) is 26.2 Å². The second-order valence-electron chi connectivity index (χ2n) is 5.86. The monoisotopic (exact) mass is 304 g/mol. The molecule has 0 spiro atoms. The molecule has 6 heteroatoms. The molecule has 1 amide bonds. The van der Waals surface area contributed by atoms with Gasteiger partial charge in [-0.3, -0.25) is 4.79 Å². The van der Waals surface area contributed by atoms with Crippen molar-refractivity contribution in [3.05, 3.63) is 18.2 Å². The lowest BCUT2D eigenvalue weighted by Crippen LogP contribution is -2.47. The third kappa shape index (κ3) is 2.97. The molecule has 1 fully saturated rings. The number of benzene rings is 1. The van der Waals surface area contributed by atoms with Crippen LogP contribution in [-0.4, -0.2) is 51.3 Å². The Morgan fingerprint density at radius 3 is 2.86 bits per heavy atom. The lowest BCUT2D eigenvalue weighted by atomic mass is 10.1. The molecule has 1 aromatic carbocycles. The molecule has 3 rings (SSSR count). The van der Waals surface area contributed by atoms with Crippen LogP contribution >= 0.6 is 0 Å². The van der Waals surface area contributed by atoms with E-state index in [0.717, 1.165) is 49.7 Å². The van der Waals surface area contributed by atoms with Crippen molar-refractivity contribution in [2.45, 2.75) is 19.4 Å². The van der Waals surface area contributed by atoms with Crippen LogP contribution in [0.25, 0.3) is 0 Å². The summed E-state index contributed by atoms with van der Waals surface area (Å²) < 4.78 is 6.09. The largest absolute Gasteiger partial charge is 0.486 e. The summed E-state index contributed by atoms with van der Waals surface area (Å²) in [5, 5.41) is 3.36. The Bertz CT molecular complexity index is 543. The van der Waals surface area contributed by atoms with Crippen molar-refractivity contribution in [3.8, 4) is 5.75 Å². The van der Waals surface area contributed by atoms with Crippen LogP contribution in [0.4, 0.5) is 11.4 Å². The molecule has 0 aliphatic carbocycles. The van der Waals surface area contributed by atoms with Crippen LogP contribution in [0.2, 0.25) is 0 Å². The number of rotatable bonds is 4. The summed E-state index contributed by atoms with van der Waals surface area (Å²) in [4.78, 5) is 15.9. The Balaban J connectivity index is 1.97. The Hall–Kier alpha value is -1.95. The molecule has 1 unspecified atom stereocenters. The number of para-hydroxylation sites is 1. The quantitative estimate of drug-likeness (QED) is 0.850. The number of hydrogen-bond donors (Lipinski definition) is 2. The van der Waals surface area contributed by atoms with E-state index in [1.54, 1.807) is 0 Å². The summed E-state index contributed by atoms with van der Waals surface area (Å²) in [7, 11) is 0. The van der Waals surface area contributed by atoms with E-state index in [1.807, 2.05) is 12.1 Å². The van der Waals surface area contributed by atoms with Gasteiger partial charge in [0.15, 0.2) is 0 Å². The smallest absolute Gasteiger partial charge is 0.236 e. The Morgan fingerprint density at radius 2 is 2.18 bits per heavy atom. The number of anilines is 2. The molecule has 120 valence electrons. The molecule has 3 N–H and O–H groups in total. The van der Waals surface area contributed by atoms with E-state index in [1.165, 1.54) is 0 Å². The van der Waals surface area contributed by atoms with Crippen molar-refractivity contribution in [3.63, 3.8) is 0 Å². The Morgan fingerprint density at radius 1 is 1.41 bits per heavy atom. The van der Waals surface area contributed by atoms with E-state index >= 15 is 0 Å². The zero-order chi connectivity index (χ0) is 15.5. The normalized spacial score (nSPS) is 21.2. The van der Waals surface area contributed by atoms with E-state index in [-0.39, 0.29) is 18.6 Å². The SMILES string of the molecule is CCC1CN(CC(N)=O)c2c(cccc2N2CCNCC2)O1. The number of primary amides is 1. The van der Waals surface area contributed by atoms with Gasteiger partial charge in [0.25, 0.3) is 0 Å². The van der Waals surface area contributed by atoms with Crippen LogP contribution < -0.4 is 25.6 Å². The van der Waals surface area contributed by atoms with Gasteiger partial charge in [0.2, 0.25) is 5.91 Å².